The highest BCUT2D eigenvalue weighted by atomic mass is 79.9. The van der Waals surface area contributed by atoms with E-state index >= 15 is 0 Å². The van der Waals surface area contributed by atoms with E-state index in [1.54, 1.807) is 24.3 Å². The predicted molar refractivity (Wildman–Crippen MR) is 161 cm³/mol. The molecule has 3 saturated carbocycles. The fourth-order valence-electron chi connectivity index (χ4n) is 4.42. The topological polar surface area (TPSA) is 87.3 Å². The molecular formula is C33H34BrF2N3O3. The molecule has 3 N–H and O–H groups in total. The van der Waals surface area contributed by atoms with Crippen molar-refractivity contribution in [2.45, 2.75) is 51.5 Å². The lowest BCUT2D eigenvalue weighted by Crippen LogP contribution is -2.26. The smallest absolute Gasteiger partial charge is 0.254 e. The van der Waals surface area contributed by atoms with Crippen LogP contribution in [0.1, 0.15) is 75.2 Å². The van der Waals surface area contributed by atoms with Crippen LogP contribution in [0.3, 0.4) is 0 Å². The average molecular weight is 639 g/mol. The molecule has 3 fully saturated rings. The van der Waals surface area contributed by atoms with E-state index in [0.29, 0.717) is 40.5 Å². The van der Waals surface area contributed by atoms with E-state index < -0.39 is 11.6 Å². The number of amides is 3. The van der Waals surface area contributed by atoms with Crippen molar-refractivity contribution in [2.75, 3.05) is 13.1 Å². The molecule has 6 rings (SSSR count). The van der Waals surface area contributed by atoms with Crippen LogP contribution in [-0.2, 0) is 0 Å². The SMILES string of the molecule is Cc1ccc(C(=O)NC2CC2)cc1-c1ccc(C(=O)NCC2CC2)c(F)c1.O=C(NCC1CC1)c1ccc(Br)cc1F. The number of nitrogens with one attached hydrogen (secondary N) is 3. The van der Waals surface area contributed by atoms with Gasteiger partial charge in [-0.3, -0.25) is 14.4 Å². The number of aryl methyl sites for hydroxylation is 1. The van der Waals surface area contributed by atoms with Crippen molar-refractivity contribution < 1.29 is 23.2 Å². The quantitative estimate of drug-likeness (QED) is 0.248. The first-order chi connectivity index (χ1) is 20.2. The van der Waals surface area contributed by atoms with Crippen molar-refractivity contribution in [1.29, 1.82) is 0 Å². The summed E-state index contributed by atoms with van der Waals surface area (Å²) in [6.07, 6.45) is 6.66. The van der Waals surface area contributed by atoms with E-state index in [1.807, 2.05) is 13.0 Å². The van der Waals surface area contributed by atoms with Crippen molar-refractivity contribution >= 4 is 33.7 Å². The lowest BCUT2D eigenvalue weighted by atomic mass is 9.96. The monoisotopic (exact) mass is 637 g/mol. The number of hydrogen-bond acceptors (Lipinski definition) is 3. The molecule has 0 aliphatic heterocycles. The van der Waals surface area contributed by atoms with Gasteiger partial charge < -0.3 is 16.0 Å². The third kappa shape index (κ3) is 8.25. The van der Waals surface area contributed by atoms with Crippen LogP contribution in [0.4, 0.5) is 8.78 Å². The second-order valence-electron chi connectivity index (χ2n) is 11.4. The molecule has 0 atom stereocenters. The molecule has 3 aromatic rings. The third-order valence-corrected chi connectivity index (χ3v) is 8.10. The summed E-state index contributed by atoms with van der Waals surface area (Å²) in [6, 6.07) is 14.8. The Hall–Kier alpha value is -3.59. The summed E-state index contributed by atoms with van der Waals surface area (Å²) in [5.41, 5.74) is 3.13. The number of rotatable bonds is 9. The van der Waals surface area contributed by atoms with Crippen LogP contribution in [-0.4, -0.2) is 36.9 Å². The Bertz CT molecular complexity index is 1500. The molecule has 0 bridgehead atoms. The minimum Gasteiger partial charge on any atom is -0.352 e. The minimum atomic E-state index is -0.548. The van der Waals surface area contributed by atoms with Gasteiger partial charge in [0.1, 0.15) is 11.6 Å². The van der Waals surface area contributed by atoms with Gasteiger partial charge in [-0.2, -0.15) is 0 Å². The van der Waals surface area contributed by atoms with E-state index in [0.717, 1.165) is 36.8 Å². The van der Waals surface area contributed by atoms with Gasteiger partial charge in [0.15, 0.2) is 0 Å². The highest BCUT2D eigenvalue weighted by Crippen LogP contribution is 2.29. The van der Waals surface area contributed by atoms with Gasteiger partial charge in [-0.15, -0.1) is 0 Å². The molecule has 220 valence electrons. The first-order valence-corrected chi connectivity index (χ1v) is 15.2. The number of carbonyl (C=O) groups excluding carboxylic acids is 3. The van der Waals surface area contributed by atoms with Crippen LogP contribution >= 0.6 is 15.9 Å². The number of benzene rings is 3. The summed E-state index contributed by atoms with van der Waals surface area (Å²) >= 11 is 3.15. The highest BCUT2D eigenvalue weighted by molar-refractivity contribution is 9.10. The van der Waals surface area contributed by atoms with E-state index in [-0.39, 0.29) is 34.9 Å². The molecule has 0 spiro atoms. The first kappa shape index (κ1) is 29.9. The third-order valence-electron chi connectivity index (χ3n) is 7.61. The summed E-state index contributed by atoms with van der Waals surface area (Å²) < 4.78 is 28.5. The molecule has 3 aliphatic carbocycles. The Kier molecular flexibility index (Phi) is 9.36. The largest absolute Gasteiger partial charge is 0.352 e. The summed E-state index contributed by atoms with van der Waals surface area (Å²) in [6.45, 7) is 3.19. The van der Waals surface area contributed by atoms with Gasteiger partial charge in [0.2, 0.25) is 0 Å². The Balaban J connectivity index is 0.000000199. The summed E-state index contributed by atoms with van der Waals surface area (Å²) in [7, 11) is 0. The van der Waals surface area contributed by atoms with Gasteiger partial charge in [-0.25, -0.2) is 8.78 Å². The molecule has 3 aliphatic rings. The molecule has 42 heavy (non-hydrogen) atoms. The molecule has 3 amide bonds. The zero-order chi connectivity index (χ0) is 29.8. The maximum atomic E-state index is 14.6. The fourth-order valence-corrected chi connectivity index (χ4v) is 4.75. The number of carbonyl (C=O) groups is 3. The maximum absolute atomic E-state index is 14.6. The second kappa shape index (κ2) is 13.2. The van der Waals surface area contributed by atoms with Gasteiger partial charge in [0, 0.05) is 29.2 Å². The van der Waals surface area contributed by atoms with Gasteiger partial charge in [0.25, 0.3) is 17.7 Å². The second-order valence-corrected chi connectivity index (χ2v) is 12.3. The Morgan fingerprint density at radius 1 is 0.738 bits per heavy atom. The van der Waals surface area contributed by atoms with Crippen LogP contribution < -0.4 is 16.0 Å². The van der Waals surface area contributed by atoms with E-state index in [2.05, 4.69) is 31.9 Å². The zero-order valence-electron chi connectivity index (χ0n) is 23.4. The van der Waals surface area contributed by atoms with Crippen molar-refractivity contribution in [2.24, 2.45) is 11.8 Å². The van der Waals surface area contributed by atoms with Crippen molar-refractivity contribution in [3.05, 3.63) is 93.0 Å². The molecule has 0 radical (unpaired) electrons. The molecule has 0 saturated heterocycles. The Morgan fingerprint density at radius 2 is 1.31 bits per heavy atom. The predicted octanol–water partition coefficient (Wildman–Crippen LogP) is 6.56. The lowest BCUT2D eigenvalue weighted by molar-refractivity contribution is 0.0939. The van der Waals surface area contributed by atoms with Crippen molar-refractivity contribution in [3.8, 4) is 11.1 Å². The van der Waals surface area contributed by atoms with Gasteiger partial charge in [0.05, 0.1) is 11.1 Å². The Labute approximate surface area is 252 Å². The Morgan fingerprint density at radius 3 is 1.83 bits per heavy atom. The molecular weight excluding hydrogens is 604 g/mol. The fraction of sp³-hybridized carbons (Fsp3) is 0.364. The van der Waals surface area contributed by atoms with Crippen LogP contribution in [0.15, 0.2) is 59.1 Å². The van der Waals surface area contributed by atoms with Crippen molar-refractivity contribution in [1.82, 2.24) is 16.0 Å². The van der Waals surface area contributed by atoms with Crippen LogP contribution in [0, 0.1) is 30.4 Å². The van der Waals surface area contributed by atoms with Gasteiger partial charge in [-0.05, 0) is 116 Å². The molecule has 0 aromatic heterocycles. The van der Waals surface area contributed by atoms with Crippen molar-refractivity contribution in [3.63, 3.8) is 0 Å². The first-order valence-electron chi connectivity index (χ1n) is 14.4. The van der Waals surface area contributed by atoms with Crippen LogP contribution in [0.25, 0.3) is 11.1 Å². The molecule has 0 unspecified atom stereocenters. The van der Waals surface area contributed by atoms with Crippen LogP contribution in [0.5, 0.6) is 0 Å². The minimum absolute atomic E-state index is 0.0553. The number of hydrogen-bond donors (Lipinski definition) is 3. The van der Waals surface area contributed by atoms with Gasteiger partial charge in [-0.1, -0.05) is 28.1 Å². The molecule has 3 aromatic carbocycles. The van der Waals surface area contributed by atoms with Gasteiger partial charge >= 0.3 is 0 Å². The van der Waals surface area contributed by atoms with E-state index in [4.69, 9.17) is 0 Å². The normalized spacial score (nSPS) is 15.7. The van der Waals surface area contributed by atoms with E-state index in [9.17, 15) is 23.2 Å². The molecule has 6 nitrogen and oxygen atoms in total. The maximum Gasteiger partial charge on any atom is 0.254 e. The van der Waals surface area contributed by atoms with Crippen LogP contribution in [0.2, 0.25) is 0 Å². The summed E-state index contributed by atoms with van der Waals surface area (Å²) in [5, 5.41) is 8.48. The standard InChI is InChI=1S/C22H23FN2O2.C11H11BrFNO/c1-13-2-5-16(21(26)25-17-7-8-17)10-19(13)15-6-9-18(20(23)11-15)22(27)24-12-14-3-4-14;12-8-3-4-9(10(13)5-8)11(15)14-6-7-1-2-7/h2,5-6,9-11,14,17H,3-4,7-8,12H2,1H3,(H,24,27)(H,25,26);3-5,7H,1-2,6H2,(H,14,15). The number of halogens is 3. The van der Waals surface area contributed by atoms with E-state index in [1.165, 1.54) is 37.1 Å². The summed E-state index contributed by atoms with van der Waals surface area (Å²) in [5.74, 6) is -0.691. The lowest BCUT2D eigenvalue weighted by Gasteiger charge is -2.11. The zero-order valence-corrected chi connectivity index (χ0v) is 25.0. The highest BCUT2D eigenvalue weighted by Gasteiger charge is 2.25. The molecule has 9 heteroatoms. The average Bonchev–Trinajstić information content (AvgIpc) is 3.79. The molecule has 0 heterocycles. The summed E-state index contributed by atoms with van der Waals surface area (Å²) in [4.78, 5) is 36.0.